The molecular formula is C11H13BrN2O. The normalized spacial score (nSPS) is 11.1. The lowest BCUT2D eigenvalue weighted by atomic mass is 10.1. The van der Waals surface area contributed by atoms with E-state index in [1.165, 1.54) is 5.56 Å². The summed E-state index contributed by atoms with van der Waals surface area (Å²) < 4.78 is 6.74. The summed E-state index contributed by atoms with van der Waals surface area (Å²) in [6, 6.07) is 4.06. The van der Waals surface area contributed by atoms with Crippen LogP contribution in [0.1, 0.15) is 18.4 Å². The number of hydrogen-bond acceptors (Lipinski definition) is 3. The van der Waals surface area contributed by atoms with Crippen LogP contribution in [0.15, 0.2) is 21.0 Å². The fourth-order valence-electron chi connectivity index (χ4n) is 1.60. The Kier molecular flexibility index (Phi) is 3.07. The molecule has 2 aromatic rings. The number of oxazole rings is 1. The van der Waals surface area contributed by atoms with Gasteiger partial charge in [0.1, 0.15) is 5.52 Å². The third-order valence-corrected chi connectivity index (χ3v) is 2.74. The highest BCUT2D eigenvalue weighted by Crippen LogP contribution is 2.25. The highest BCUT2D eigenvalue weighted by atomic mass is 79.9. The number of hydrogen-bond donors (Lipinski definition) is 1. The summed E-state index contributed by atoms with van der Waals surface area (Å²) in [5, 5.41) is 3.03. The number of nitrogens with one attached hydrogen (secondary N) is 1. The van der Waals surface area contributed by atoms with Crippen molar-refractivity contribution in [1.29, 1.82) is 0 Å². The molecule has 0 saturated heterocycles. The van der Waals surface area contributed by atoms with Crippen LogP contribution in [0.4, 0.5) is 0 Å². The Morgan fingerprint density at radius 3 is 2.93 bits per heavy atom. The molecule has 0 aliphatic carbocycles. The number of rotatable bonds is 3. The minimum Gasteiger partial charge on any atom is -0.439 e. The lowest BCUT2D eigenvalue weighted by Gasteiger charge is -1.97. The Hall–Kier alpha value is -0.870. The second-order valence-electron chi connectivity index (χ2n) is 3.40. The van der Waals surface area contributed by atoms with Crippen molar-refractivity contribution < 1.29 is 4.42 Å². The number of halogens is 1. The molecule has 0 aliphatic rings. The Morgan fingerprint density at radius 1 is 1.47 bits per heavy atom. The van der Waals surface area contributed by atoms with Crippen LogP contribution in [0, 0.1) is 0 Å². The average molecular weight is 269 g/mol. The van der Waals surface area contributed by atoms with Gasteiger partial charge < -0.3 is 9.73 Å². The van der Waals surface area contributed by atoms with E-state index in [1.807, 2.05) is 13.1 Å². The quantitative estimate of drug-likeness (QED) is 0.931. The first kappa shape index (κ1) is 10.6. The largest absolute Gasteiger partial charge is 0.439 e. The molecule has 80 valence electrons. The first-order valence-electron chi connectivity index (χ1n) is 4.97. The summed E-state index contributed by atoms with van der Waals surface area (Å²) in [5.41, 5.74) is 3.02. The fraction of sp³-hybridized carbons (Fsp3) is 0.364. The van der Waals surface area contributed by atoms with Crippen LogP contribution in [-0.4, -0.2) is 12.0 Å². The topological polar surface area (TPSA) is 38.1 Å². The Morgan fingerprint density at radius 2 is 2.27 bits per heavy atom. The molecule has 0 unspecified atom stereocenters. The molecule has 2 rings (SSSR count). The van der Waals surface area contributed by atoms with E-state index < -0.39 is 0 Å². The van der Waals surface area contributed by atoms with Crippen molar-refractivity contribution in [3.05, 3.63) is 28.1 Å². The Balaban J connectivity index is 2.58. The van der Waals surface area contributed by atoms with E-state index in [2.05, 4.69) is 39.2 Å². The summed E-state index contributed by atoms with van der Waals surface area (Å²) >= 11 is 3.48. The molecule has 0 atom stereocenters. The monoisotopic (exact) mass is 268 g/mol. The van der Waals surface area contributed by atoms with E-state index in [-0.39, 0.29) is 0 Å². The molecule has 0 radical (unpaired) electrons. The van der Waals surface area contributed by atoms with Crippen molar-refractivity contribution in [3.63, 3.8) is 0 Å². The van der Waals surface area contributed by atoms with Crippen LogP contribution in [0.25, 0.3) is 11.1 Å². The van der Waals surface area contributed by atoms with Crippen molar-refractivity contribution in [3.8, 4) is 0 Å². The van der Waals surface area contributed by atoms with Gasteiger partial charge in [-0.3, -0.25) is 0 Å². The van der Waals surface area contributed by atoms with Crippen LogP contribution >= 0.6 is 15.9 Å². The van der Waals surface area contributed by atoms with Gasteiger partial charge in [0.25, 0.3) is 0 Å². The summed E-state index contributed by atoms with van der Waals surface area (Å²) in [6.07, 6.45) is 0.949. The second kappa shape index (κ2) is 4.33. The molecule has 1 aromatic carbocycles. The maximum absolute atomic E-state index is 5.69. The number of aryl methyl sites for hydroxylation is 1. The zero-order valence-electron chi connectivity index (χ0n) is 8.80. The van der Waals surface area contributed by atoms with E-state index in [4.69, 9.17) is 4.42 Å². The van der Waals surface area contributed by atoms with Gasteiger partial charge in [-0.2, -0.15) is 0 Å². The smallest absolute Gasteiger partial charge is 0.209 e. The predicted octanol–water partition coefficient (Wildman–Crippen LogP) is 2.87. The van der Waals surface area contributed by atoms with Crippen molar-refractivity contribution in [1.82, 2.24) is 10.3 Å². The molecule has 0 aliphatic heterocycles. The van der Waals surface area contributed by atoms with E-state index in [0.717, 1.165) is 27.9 Å². The first-order chi connectivity index (χ1) is 7.24. The lowest BCUT2D eigenvalue weighted by molar-refractivity contribution is 0.509. The maximum Gasteiger partial charge on any atom is 0.209 e. The minimum absolute atomic E-state index is 0.662. The number of benzene rings is 1. The minimum atomic E-state index is 0.662. The molecule has 1 heterocycles. The molecule has 15 heavy (non-hydrogen) atoms. The third kappa shape index (κ3) is 2.06. The maximum atomic E-state index is 5.69. The number of fused-ring (bicyclic) bond motifs is 1. The molecule has 3 nitrogen and oxygen atoms in total. The molecular weight excluding hydrogens is 256 g/mol. The van der Waals surface area contributed by atoms with Gasteiger partial charge >= 0.3 is 0 Å². The van der Waals surface area contributed by atoms with Gasteiger partial charge in [0.15, 0.2) is 5.58 Å². The lowest BCUT2D eigenvalue weighted by Crippen LogP contribution is -2.04. The second-order valence-corrected chi connectivity index (χ2v) is 4.32. The first-order valence-corrected chi connectivity index (χ1v) is 5.76. The number of aromatic nitrogens is 1. The molecule has 1 N–H and O–H groups in total. The SMILES string of the molecule is CCc1cc(Br)cc2nc(CNC)oc12. The summed E-state index contributed by atoms with van der Waals surface area (Å²) in [5.74, 6) is 0.736. The van der Waals surface area contributed by atoms with Gasteiger partial charge in [0.2, 0.25) is 5.89 Å². The van der Waals surface area contributed by atoms with Crippen LogP contribution in [-0.2, 0) is 13.0 Å². The molecule has 0 amide bonds. The van der Waals surface area contributed by atoms with Crippen molar-refractivity contribution in [2.24, 2.45) is 0 Å². The van der Waals surface area contributed by atoms with Crippen molar-refractivity contribution in [2.45, 2.75) is 19.9 Å². The zero-order valence-corrected chi connectivity index (χ0v) is 10.4. The zero-order chi connectivity index (χ0) is 10.8. The highest BCUT2D eigenvalue weighted by Gasteiger charge is 2.09. The summed E-state index contributed by atoms with van der Waals surface area (Å²) in [6.45, 7) is 2.77. The molecule has 0 bridgehead atoms. The van der Waals surface area contributed by atoms with Crippen LogP contribution in [0.3, 0.4) is 0 Å². The van der Waals surface area contributed by atoms with Gasteiger partial charge in [-0.25, -0.2) is 4.98 Å². The fourth-order valence-corrected chi connectivity index (χ4v) is 2.09. The molecule has 0 fully saturated rings. The van der Waals surface area contributed by atoms with E-state index in [9.17, 15) is 0 Å². The molecule has 4 heteroatoms. The van der Waals surface area contributed by atoms with Crippen molar-refractivity contribution >= 4 is 27.0 Å². The van der Waals surface area contributed by atoms with Gasteiger partial charge in [0, 0.05) is 4.47 Å². The highest BCUT2D eigenvalue weighted by molar-refractivity contribution is 9.10. The van der Waals surface area contributed by atoms with Gasteiger partial charge in [-0.05, 0) is 31.2 Å². The summed E-state index contributed by atoms with van der Waals surface area (Å²) in [7, 11) is 1.88. The Labute approximate surface area is 97.0 Å². The molecule has 1 aromatic heterocycles. The van der Waals surface area contributed by atoms with E-state index in [1.54, 1.807) is 0 Å². The third-order valence-electron chi connectivity index (χ3n) is 2.28. The van der Waals surface area contributed by atoms with Crippen LogP contribution in [0.5, 0.6) is 0 Å². The van der Waals surface area contributed by atoms with Gasteiger partial charge in [-0.1, -0.05) is 22.9 Å². The van der Waals surface area contributed by atoms with Crippen LogP contribution in [0.2, 0.25) is 0 Å². The Bertz CT molecular complexity index is 479. The van der Waals surface area contributed by atoms with Gasteiger partial charge in [-0.15, -0.1) is 0 Å². The number of nitrogens with zero attached hydrogens (tertiary/aromatic N) is 1. The van der Waals surface area contributed by atoms with Crippen molar-refractivity contribution in [2.75, 3.05) is 7.05 Å². The molecule has 0 spiro atoms. The van der Waals surface area contributed by atoms with Crippen LogP contribution < -0.4 is 5.32 Å². The predicted molar refractivity (Wildman–Crippen MR) is 63.9 cm³/mol. The standard InChI is InChI=1S/C11H13BrN2O/c1-3-7-4-8(12)5-9-11(7)15-10(14-9)6-13-2/h4-5,13H,3,6H2,1-2H3. The summed E-state index contributed by atoms with van der Waals surface area (Å²) in [4.78, 5) is 4.41. The van der Waals surface area contributed by atoms with E-state index in [0.29, 0.717) is 6.54 Å². The molecule has 0 saturated carbocycles. The van der Waals surface area contributed by atoms with E-state index >= 15 is 0 Å². The van der Waals surface area contributed by atoms with Gasteiger partial charge in [0.05, 0.1) is 6.54 Å². The average Bonchev–Trinajstić information content (AvgIpc) is 2.59.